The van der Waals surface area contributed by atoms with Gasteiger partial charge in [-0.1, -0.05) is 0 Å². The van der Waals surface area contributed by atoms with Gasteiger partial charge in [0.2, 0.25) is 0 Å². The minimum absolute atomic E-state index is 0.0444. The highest BCUT2D eigenvalue weighted by Crippen LogP contribution is 2.27. The summed E-state index contributed by atoms with van der Waals surface area (Å²) in [6, 6.07) is 0.0388. The number of sulfonamides is 1. The van der Waals surface area contributed by atoms with Gasteiger partial charge in [-0.25, -0.2) is 13.4 Å². The molecule has 2 aromatic heterocycles. The summed E-state index contributed by atoms with van der Waals surface area (Å²) in [5.74, 6) is -0.556. The van der Waals surface area contributed by atoms with Gasteiger partial charge in [0.05, 0.1) is 24.1 Å². The lowest BCUT2D eigenvalue weighted by Crippen LogP contribution is -2.50. The van der Waals surface area contributed by atoms with Crippen LogP contribution in [0.3, 0.4) is 0 Å². The Morgan fingerprint density at radius 2 is 2.04 bits per heavy atom. The summed E-state index contributed by atoms with van der Waals surface area (Å²) in [7, 11) is -3.60. The molecule has 1 amide bonds. The molecule has 1 saturated heterocycles. The molecule has 1 fully saturated rings. The monoisotopic (exact) mass is 338 g/mol. The summed E-state index contributed by atoms with van der Waals surface area (Å²) >= 11 is 0. The van der Waals surface area contributed by atoms with Crippen molar-refractivity contribution in [1.29, 1.82) is 0 Å². The van der Waals surface area contributed by atoms with Crippen LogP contribution in [0.2, 0.25) is 0 Å². The van der Waals surface area contributed by atoms with Gasteiger partial charge < -0.3 is 10.3 Å². The standard InChI is InChI=1S/C13H18N6O3S/c1-9(2)17-7-12(15-8-17)23(21,22)18-5-11(6-18)19-4-10(3-16-19)13(14)20/h3-4,7-9,11H,5-6H2,1-2H3,(H2,14,20). The molecule has 9 nitrogen and oxygen atoms in total. The maximum atomic E-state index is 12.5. The highest BCUT2D eigenvalue weighted by atomic mass is 32.2. The van der Waals surface area contributed by atoms with Crippen LogP contribution in [0.1, 0.15) is 36.3 Å². The molecule has 10 heteroatoms. The highest BCUT2D eigenvalue weighted by molar-refractivity contribution is 7.89. The van der Waals surface area contributed by atoms with Crippen molar-refractivity contribution in [3.05, 3.63) is 30.5 Å². The van der Waals surface area contributed by atoms with Crippen LogP contribution >= 0.6 is 0 Å². The molecule has 1 aliphatic rings. The molecule has 1 aliphatic heterocycles. The summed E-state index contributed by atoms with van der Waals surface area (Å²) in [5.41, 5.74) is 5.48. The molecule has 0 aromatic carbocycles. The number of carbonyl (C=O) groups is 1. The molecular formula is C13H18N6O3S. The van der Waals surface area contributed by atoms with Crippen molar-refractivity contribution < 1.29 is 13.2 Å². The Morgan fingerprint density at radius 1 is 1.35 bits per heavy atom. The Morgan fingerprint density at radius 3 is 2.57 bits per heavy atom. The van der Waals surface area contributed by atoms with Crippen LogP contribution < -0.4 is 5.73 Å². The second kappa shape index (κ2) is 5.46. The zero-order valence-electron chi connectivity index (χ0n) is 12.8. The molecule has 2 N–H and O–H groups in total. The second-order valence-electron chi connectivity index (χ2n) is 5.80. The van der Waals surface area contributed by atoms with E-state index in [1.807, 2.05) is 13.8 Å². The van der Waals surface area contributed by atoms with E-state index in [4.69, 9.17) is 5.73 Å². The number of primary amides is 1. The number of rotatable bonds is 5. The van der Waals surface area contributed by atoms with Crippen molar-refractivity contribution in [2.45, 2.75) is 31.0 Å². The van der Waals surface area contributed by atoms with Crippen molar-refractivity contribution in [1.82, 2.24) is 23.6 Å². The Bertz CT molecular complexity index is 832. The Hall–Kier alpha value is -2.20. The second-order valence-corrected chi connectivity index (χ2v) is 7.69. The molecule has 124 valence electrons. The summed E-state index contributed by atoms with van der Waals surface area (Å²) in [6.07, 6.45) is 5.96. The Kier molecular flexibility index (Phi) is 3.72. The van der Waals surface area contributed by atoms with Crippen LogP contribution in [0.4, 0.5) is 0 Å². The topological polar surface area (TPSA) is 116 Å². The van der Waals surface area contributed by atoms with Gasteiger partial charge in [0, 0.05) is 31.5 Å². The normalized spacial score (nSPS) is 16.7. The Labute approximate surface area is 133 Å². The van der Waals surface area contributed by atoms with E-state index in [2.05, 4.69) is 10.1 Å². The fraction of sp³-hybridized carbons (Fsp3) is 0.462. The summed E-state index contributed by atoms with van der Waals surface area (Å²) < 4.78 is 29.6. The number of nitrogens with zero attached hydrogens (tertiary/aromatic N) is 5. The lowest BCUT2D eigenvalue weighted by molar-refractivity contribution is 0.0999. The van der Waals surface area contributed by atoms with Crippen molar-refractivity contribution in [3.63, 3.8) is 0 Å². The molecule has 23 heavy (non-hydrogen) atoms. The lowest BCUT2D eigenvalue weighted by Gasteiger charge is -2.37. The van der Waals surface area contributed by atoms with Crippen LogP contribution in [-0.4, -0.2) is 51.1 Å². The molecule has 0 bridgehead atoms. The summed E-state index contributed by atoms with van der Waals surface area (Å²) in [6.45, 7) is 4.48. The van der Waals surface area contributed by atoms with E-state index in [-0.39, 0.29) is 30.2 Å². The fourth-order valence-corrected chi connectivity index (χ4v) is 3.75. The quantitative estimate of drug-likeness (QED) is 0.824. The molecule has 0 aliphatic carbocycles. The van der Waals surface area contributed by atoms with Crippen LogP contribution in [0.25, 0.3) is 0 Å². The minimum Gasteiger partial charge on any atom is -0.366 e. The van der Waals surface area contributed by atoms with Gasteiger partial charge in [-0.15, -0.1) is 0 Å². The number of hydrogen-bond acceptors (Lipinski definition) is 5. The first-order valence-electron chi connectivity index (χ1n) is 7.16. The van der Waals surface area contributed by atoms with Gasteiger partial charge in [0.25, 0.3) is 15.9 Å². The summed E-state index contributed by atoms with van der Waals surface area (Å²) in [5, 5.41) is 4.09. The molecule has 0 radical (unpaired) electrons. The van der Waals surface area contributed by atoms with Crippen LogP contribution in [0.5, 0.6) is 0 Å². The molecule has 3 heterocycles. The number of amides is 1. The van der Waals surface area contributed by atoms with Gasteiger partial charge in [0.15, 0.2) is 5.03 Å². The first-order chi connectivity index (χ1) is 10.8. The Balaban J connectivity index is 1.70. The lowest BCUT2D eigenvalue weighted by atomic mass is 10.2. The van der Waals surface area contributed by atoms with E-state index < -0.39 is 15.9 Å². The third-order valence-electron chi connectivity index (χ3n) is 3.87. The molecule has 0 unspecified atom stereocenters. The van der Waals surface area contributed by atoms with Crippen molar-refractivity contribution in [3.8, 4) is 0 Å². The third kappa shape index (κ3) is 2.75. The molecule has 2 aromatic rings. The van der Waals surface area contributed by atoms with Gasteiger partial charge in [-0.2, -0.15) is 9.40 Å². The first-order valence-corrected chi connectivity index (χ1v) is 8.60. The fourth-order valence-electron chi connectivity index (χ4n) is 2.31. The molecule has 0 spiro atoms. The van der Waals surface area contributed by atoms with Crippen molar-refractivity contribution in [2.75, 3.05) is 13.1 Å². The zero-order valence-corrected chi connectivity index (χ0v) is 13.6. The maximum Gasteiger partial charge on any atom is 0.262 e. The molecule has 0 saturated carbocycles. The van der Waals surface area contributed by atoms with E-state index in [1.165, 1.54) is 29.2 Å². The number of imidazole rings is 1. The van der Waals surface area contributed by atoms with Gasteiger partial charge in [0.1, 0.15) is 0 Å². The molecule has 0 atom stereocenters. The maximum absolute atomic E-state index is 12.5. The average Bonchev–Trinajstić information content (AvgIpc) is 3.06. The van der Waals surface area contributed by atoms with E-state index in [9.17, 15) is 13.2 Å². The largest absolute Gasteiger partial charge is 0.366 e. The zero-order chi connectivity index (χ0) is 16.8. The highest BCUT2D eigenvalue weighted by Gasteiger charge is 2.39. The van der Waals surface area contributed by atoms with Gasteiger partial charge >= 0.3 is 0 Å². The number of carbonyl (C=O) groups excluding carboxylic acids is 1. The number of hydrogen-bond donors (Lipinski definition) is 1. The van der Waals surface area contributed by atoms with Crippen LogP contribution in [-0.2, 0) is 10.0 Å². The third-order valence-corrected chi connectivity index (χ3v) is 5.58. The predicted molar refractivity (Wildman–Crippen MR) is 81.2 cm³/mol. The molecular weight excluding hydrogens is 320 g/mol. The van der Waals surface area contributed by atoms with Crippen molar-refractivity contribution in [2.24, 2.45) is 5.73 Å². The summed E-state index contributed by atoms with van der Waals surface area (Å²) in [4.78, 5) is 15.0. The number of nitrogens with two attached hydrogens (primary N) is 1. The SMILES string of the molecule is CC(C)n1cnc(S(=O)(=O)N2CC(n3cc(C(N)=O)cn3)C2)c1. The van der Waals surface area contributed by atoms with Crippen molar-refractivity contribution >= 4 is 15.9 Å². The number of aromatic nitrogens is 4. The van der Waals surface area contributed by atoms with Gasteiger partial charge in [-0.3, -0.25) is 9.48 Å². The van der Waals surface area contributed by atoms with E-state index in [0.29, 0.717) is 5.56 Å². The predicted octanol–water partition coefficient (Wildman–Crippen LogP) is 0.00500. The first kappa shape index (κ1) is 15.7. The van der Waals surface area contributed by atoms with Crippen LogP contribution in [0, 0.1) is 0 Å². The van der Waals surface area contributed by atoms with E-state index in [0.717, 1.165) is 0 Å². The van der Waals surface area contributed by atoms with Gasteiger partial charge in [-0.05, 0) is 13.8 Å². The van der Waals surface area contributed by atoms with Crippen LogP contribution in [0.15, 0.2) is 29.9 Å². The van der Waals surface area contributed by atoms with E-state index >= 15 is 0 Å². The van der Waals surface area contributed by atoms with E-state index in [1.54, 1.807) is 9.25 Å². The molecule has 3 rings (SSSR count). The average molecular weight is 338 g/mol. The smallest absolute Gasteiger partial charge is 0.262 e. The minimum atomic E-state index is -3.60.